The summed E-state index contributed by atoms with van der Waals surface area (Å²) in [4.78, 5) is 36.3. The van der Waals surface area contributed by atoms with Gasteiger partial charge in [-0.15, -0.1) is 0 Å². The summed E-state index contributed by atoms with van der Waals surface area (Å²) in [6.45, 7) is -0.0393. The van der Waals surface area contributed by atoms with E-state index in [2.05, 4.69) is 15.5 Å². The number of benzene rings is 1. The van der Waals surface area contributed by atoms with Crippen molar-refractivity contribution in [1.29, 1.82) is 0 Å². The number of anilines is 2. The number of nitrogens with zero attached hydrogens (tertiary/aromatic N) is 2. The van der Waals surface area contributed by atoms with Gasteiger partial charge >= 0.3 is 0 Å². The first-order valence-electron chi connectivity index (χ1n) is 6.46. The molecule has 2 amide bonds. The van der Waals surface area contributed by atoms with Crippen LogP contribution in [0.4, 0.5) is 11.4 Å². The standard InChI is InChI=1S/C14H12N4O4/c1-18-12(20)7-22-10-4-2-3-8(13(10)18)15-14(21)9-5-6-11(19)17-16-9/h2-6H,7H2,1H3,(H,15,21)(H,17,19). The summed E-state index contributed by atoms with van der Waals surface area (Å²) >= 11 is 0. The van der Waals surface area contributed by atoms with Crippen molar-refractivity contribution < 1.29 is 14.3 Å². The van der Waals surface area contributed by atoms with Crippen molar-refractivity contribution in [1.82, 2.24) is 10.2 Å². The first kappa shape index (κ1) is 13.8. The molecular weight excluding hydrogens is 288 g/mol. The zero-order valence-corrected chi connectivity index (χ0v) is 11.6. The minimum absolute atomic E-state index is 0.0393. The number of rotatable bonds is 2. The third kappa shape index (κ3) is 2.41. The summed E-state index contributed by atoms with van der Waals surface area (Å²) in [6, 6.07) is 7.60. The van der Waals surface area contributed by atoms with Crippen LogP contribution in [-0.4, -0.2) is 35.7 Å². The molecule has 0 spiro atoms. The summed E-state index contributed by atoms with van der Waals surface area (Å²) in [5.74, 6) is -0.207. The van der Waals surface area contributed by atoms with Gasteiger partial charge in [0.15, 0.2) is 6.61 Å². The average molecular weight is 300 g/mol. The quantitative estimate of drug-likeness (QED) is 0.834. The van der Waals surface area contributed by atoms with E-state index >= 15 is 0 Å². The number of carbonyl (C=O) groups excluding carboxylic acids is 2. The highest BCUT2D eigenvalue weighted by atomic mass is 16.5. The predicted octanol–water partition coefficient (Wildman–Crippen LogP) is 0.377. The highest BCUT2D eigenvalue weighted by molar-refractivity contribution is 6.08. The van der Waals surface area contributed by atoms with Gasteiger partial charge < -0.3 is 15.0 Å². The second kappa shape index (κ2) is 5.32. The fourth-order valence-electron chi connectivity index (χ4n) is 2.10. The topological polar surface area (TPSA) is 104 Å². The summed E-state index contributed by atoms with van der Waals surface area (Å²) in [7, 11) is 1.61. The molecule has 8 nitrogen and oxygen atoms in total. The summed E-state index contributed by atoms with van der Waals surface area (Å²) in [5.41, 5.74) is 0.567. The van der Waals surface area contributed by atoms with E-state index < -0.39 is 11.5 Å². The second-order valence-corrected chi connectivity index (χ2v) is 4.65. The second-order valence-electron chi connectivity index (χ2n) is 4.65. The Balaban J connectivity index is 1.93. The third-order valence-corrected chi connectivity index (χ3v) is 3.22. The van der Waals surface area contributed by atoms with E-state index in [0.29, 0.717) is 17.1 Å². The number of aromatic nitrogens is 2. The molecule has 0 aliphatic carbocycles. The number of carbonyl (C=O) groups is 2. The van der Waals surface area contributed by atoms with Crippen molar-refractivity contribution in [2.24, 2.45) is 0 Å². The van der Waals surface area contributed by atoms with E-state index in [-0.39, 0.29) is 18.2 Å². The molecule has 0 unspecified atom stereocenters. The normalized spacial score (nSPS) is 13.3. The van der Waals surface area contributed by atoms with E-state index in [4.69, 9.17) is 4.74 Å². The van der Waals surface area contributed by atoms with Crippen LogP contribution in [0.15, 0.2) is 35.1 Å². The smallest absolute Gasteiger partial charge is 0.276 e. The Morgan fingerprint density at radius 3 is 2.86 bits per heavy atom. The van der Waals surface area contributed by atoms with Crippen LogP contribution in [0.25, 0.3) is 0 Å². The molecule has 2 aromatic rings. The number of nitrogens with one attached hydrogen (secondary N) is 2. The number of fused-ring (bicyclic) bond motifs is 1. The molecule has 2 N–H and O–H groups in total. The van der Waals surface area contributed by atoms with Gasteiger partial charge in [0.1, 0.15) is 17.1 Å². The Morgan fingerprint density at radius 1 is 1.32 bits per heavy atom. The fraction of sp³-hybridized carbons (Fsp3) is 0.143. The van der Waals surface area contributed by atoms with Crippen molar-refractivity contribution in [2.75, 3.05) is 23.9 Å². The summed E-state index contributed by atoms with van der Waals surface area (Å²) in [6.07, 6.45) is 0. The molecule has 1 aromatic carbocycles. The molecule has 0 radical (unpaired) electrons. The first-order valence-corrected chi connectivity index (χ1v) is 6.46. The molecule has 2 heterocycles. The summed E-state index contributed by atoms with van der Waals surface area (Å²) in [5, 5.41) is 8.51. The first-order chi connectivity index (χ1) is 10.6. The number of H-pyrrole nitrogens is 1. The van der Waals surface area contributed by atoms with E-state index in [0.717, 1.165) is 0 Å². The van der Waals surface area contributed by atoms with Gasteiger partial charge in [0.25, 0.3) is 17.4 Å². The number of ether oxygens (including phenoxy) is 1. The van der Waals surface area contributed by atoms with Crippen LogP contribution in [0.3, 0.4) is 0 Å². The number of amides is 2. The molecule has 8 heteroatoms. The number of para-hydroxylation sites is 1. The SMILES string of the molecule is CN1C(=O)COc2cccc(NC(=O)c3ccc(=O)[nH]n3)c21. The van der Waals surface area contributed by atoms with Crippen LogP contribution < -0.4 is 20.5 Å². The van der Waals surface area contributed by atoms with Gasteiger partial charge in [-0.1, -0.05) is 6.07 Å². The highest BCUT2D eigenvalue weighted by Gasteiger charge is 2.25. The third-order valence-electron chi connectivity index (χ3n) is 3.22. The lowest BCUT2D eigenvalue weighted by atomic mass is 10.2. The molecule has 0 saturated carbocycles. The number of aromatic amines is 1. The molecule has 0 atom stereocenters. The van der Waals surface area contributed by atoms with Crippen molar-refractivity contribution in [3.63, 3.8) is 0 Å². The zero-order chi connectivity index (χ0) is 15.7. The zero-order valence-electron chi connectivity index (χ0n) is 11.6. The van der Waals surface area contributed by atoms with Crippen LogP contribution in [0.2, 0.25) is 0 Å². The molecule has 0 saturated heterocycles. The monoisotopic (exact) mass is 300 g/mol. The lowest BCUT2D eigenvalue weighted by molar-refractivity contribution is -0.120. The summed E-state index contributed by atoms with van der Waals surface area (Å²) < 4.78 is 5.34. The largest absolute Gasteiger partial charge is 0.481 e. The Kier molecular flexibility index (Phi) is 3.34. The van der Waals surface area contributed by atoms with Crippen LogP contribution in [0.5, 0.6) is 5.75 Å². The highest BCUT2D eigenvalue weighted by Crippen LogP contribution is 2.38. The Morgan fingerprint density at radius 2 is 2.14 bits per heavy atom. The molecule has 22 heavy (non-hydrogen) atoms. The average Bonchev–Trinajstić information content (AvgIpc) is 2.51. The van der Waals surface area contributed by atoms with Crippen LogP contribution in [0.1, 0.15) is 10.5 Å². The maximum absolute atomic E-state index is 12.2. The molecule has 112 valence electrons. The molecule has 1 aliphatic rings. The number of hydrogen-bond donors (Lipinski definition) is 2. The van der Waals surface area contributed by atoms with Crippen LogP contribution in [0, 0.1) is 0 Å². The van der Waals surface area contributed by atoms with Crippen molar-refractivity contribution in [3.05, 3.63) is 46.4 Å². The van der Waals surface area contributed by atoms with Gasteiger partial charge in [0, 0.05) is 13.1 Å². The van der Waals surface area contributed by atoms with Gasteiger partial charge in [-0.25, -0.2) is 5.10 Å². The van der Waals surface area contributed by atoms with E-state index in [1.54, 1.807) is 25.2 Å². The maximum Gasteiger partial charge on any atom is 0.276 e. The molecule has 1 aromatic heterocycles. The van der Waals surface area contributed by atoms with Gasteiger partial charge in [0.2, 0.25) is 0 Å². The Labute approximate surface area is 124 Å². The van der Waals surface area contributed by atoms with E-state index in [1.165, 1.54) is 17.0 Å². The molecule has 3 rings (SSSR count). The molecule has 0 fully saturated rings. The predicted molar refractivity (Wildman–Crippen MR) is 78.2 cm³/mol. The lowest BCUT2D eigenvalue weighted by Gasteiger charge is -2.28. The van der Waals surface area contributed by atoms with Crippen molar-refractivity contribution >= 4 is 23.2 Å². The minimum Gasteiger partial charge on any atom is -0.481 e. The Hall–Kier alpha value is -3.16. The molecule has 0 bridgehead atoms. The number of likely N-dealkylation sites (N-methyl/N-ethyl adjacent to an activating group) is 1. The van der Waals surface area contributed by atoms with Gasteiger partial charge in [-0.2, -0.15) is 5.10 Å². The lowest BCUT2D eigenvalue weighted by Crippen LogP contribution is -2.36. The van der Waals surface area contributed by atoms with Crippen LogP contribution >= 0.6 is 0 Å². The van der Waals surface area contributed by atoms with E-state index in [9.17, 15) is 14.4 Å². The van der Waals surface area contributed by atoms with Crippen LogP contribution in [-0.2, 0) is 4.79 Å². The maximum atomic E-state index is 12.2. The van der Waals surface area contributed by atoms with Gasteiger partial charge in [-0.3, -0.25) is 14.4 Å². The Bertz CT molecular complexity index is 794. The van der Waals surface area contributed by atoms with Crippen molar-refractivity contribution in [3.8, 4) is 5.75 Å². The minimum atomic E-state index is -0.504. The van der Waals surface area contributed by atoms with Gasteiger partial charge in [0.05, 0.1) is 5.69 Å². The van der Waals surface area contributed by atoms with E-state index in [1.807, 2.05) is 0 Å². The van der Waals surface area contributed by atoms with Gasteiger partial charge in [-0.05, 0) is 18.2 Å². The number of hydrogen-bond acceptors (Lipinski definition) is 5. The fourth-order valence-corrected chi connectivity index (χ4v) is 2.10. The molecular formula is C14H12N4O4. The van der Waals surface area contributed by atoms with Crippen molar-refractivity contribution in [2.45, 2.75) is 0 Å². The molecule has 1 aliphatic heterocycles.